The summed E-state index contributed by atoms with van der Waals surface area (Å²) in [6.07, 6.45) is 6.90. The number of aromatic nitrogens is 3. The average Bonchev–Trinajstić information content (AvgIpc) is 2.74. The maximum atomic E-state index is 8.70. The first-order chi connectivity index (χ1) is 8.20. The van der Waals surface area contributed by atoms with Crippen molar-refractivity contribution < 1.29 is 5.21 Å². The highest BCUT2D eigenvalue weighted by atomic mass is 32.2. The molecule has 88 valence electrons. The van der Waals surface area contributed by atoms with E-state index in [2.05, 4.69) is 15.2 Å². The van der Waals surface area contributed by atoms with Gasteiger partial charge in [0.15, 0.2) is 5.84 Å². The molecule has 0 saturated carbocycles. The molecule has 0 atom stereocenters. The van der Waals surface area contributed by atoms with E-state index in [-0.39, 0.29) is 5.84 Å². The van der Waals surface area contributed by atoms with Gasteiger partial charge >= 0.3 is 0 Å². The Hall–Kier alpha value is -2.02. The third-order valence-corrected chi connectivity index (χ3v) is 3.07. The first-order valence-electron chi connectivity index (χ1n) is 4.79. The van der Waals surface area contributed by atoms with E-state index < -0.39 is 0 Å². The minimum Gasteiger partial charge on any atom is -0.409 e. The number of hydrogen-bond acceptors (Lipinski definition) is 5. The van der Waals surface area contributed by atoms with Crippen molar-refractivity contribution >= 4 is 17.6 Å². The zero-order chi connectivity index (χ0) is 12.3. The van der Waals surface area contributed by atoms with Crippen LogP contribution in [0.1, 0.15) is 5.56 Å². The molecule has 2 heterocycles. The Bertz CT molecular complexity index is 551. The van der Waals surface area contributed by atoms with Crippen molar-refractivity contribution in [2.45, 2.75) is 9.79 Å². The maximum absolute atomic E-state index is 8.70. The summed E-state index contributed by atoms with van der Waals surface area (Å²) in [5.74, 6) is 0.0683. The minimum atomic E-state index is 0.0683. The van der Waals surface area contributed by atoms with Crippen molar-refractivity contribution in [1.82, 2.24) is 14.8 Å². The van der Waals surface area contributed by atoms with Crippen LogP contribution >= 0.6 is 11.8 Å². The van der Waals surface area contributed by atoms with Gasteiger partial charge in [0.1, 0.15) is 0 Å². The largest absolute Gasteiger partial charge is 0.409 e. The van der Waals surface area contributed by atoms with E-state index >= 15 is 0 Å². The molecule has 0 amide bonds. The molecular weight excluding hydrogens is 238 g/mol. The molecule has 0 radical (unpaired) electrons. The first-order valence-corrected chi connectivity index (χ1v) is 5.61. The summed E-state index contributed by atoms with van der Waals surface area (Å²) in [6.45, 7) is 0. The van der Waals surface area contributed by atoms with Crippen LogP contribution in [0.3, 0.4) is 0 Å². The monoisotopic (exact) mass is 249 g/mol. The SMILES string of the molecule is Cn1cc(Sc2cnccc2/C(N)=N/O)cn1. The molecule has 2 rings (SSSR count). The van der Waals surface area contributed by atoms with Gasteiger partial charge in [0.25, 0.3) is 0 Å². The van der Waals surface area contributed by atoms with Crippen LogP contribution in [0.25, 0.3) is 0 Å². The molecule has 17 heavy (non-hydrogen) atoms. The van der Waals surface area contributed by atoms with E-state index in [0.717, 1.165) is 9.79 Å². The fraction of sp³-hybridized carbons (Fsp3) is 0.100. The second kappa shape index (κ2) is 4.88. The second-order valence-corrected chi connectivity index (χ2v) is 4.42. The number of aryl methyl sites for hydroxylation is 1. The Kier molecular flexibility index (Phi) is 3.29. The summed E-state index contributed by atoms with van der Waals surface area (Å²) in [5, 5.41) is 15.8. The smallest absolute Gasteiger partial charge is 0.171 e. The van der Waals surface area contributed by atoms with Gasteiger partial charge in [0.2, 0.25) is 0 Å². The highest BCUT2D eigenvalue weighted by Crippen LogP contribution is 2.29. The molecule has 2 aromatic rings. The third kappa shape index (κ3) is 2.56. The summed E-state index contributed by atoms with van der Waals surface area (Å²) >= 11 is 1.46. The van der Waals surface area contributed by atoms with Gasteiger partial charge in [-0.25, -0.2) is 0 Å². The van der Waals surface area contributed by atoms with Crippen LogP contribution in [0.2, 0.25) is 0 Å². The average molecular weight is 249 g/mol. The van der Waals surface area contributed by atoms with Crippen molar-refractivity contribution in [1.29, 1.82) is 0 Å². The van der Waals surface area contributed by atoms with E-state index in [1.807, 2.05) is 13.2 Å². The quantitative estimate of drug-likeness (QED) is 0.367. The fourth-order valence-corrected chi connectivity index (χ4v) is 2.26. The molecule has 2 aromatic heterocycles. The van der Waals surface area contributed by atoms with Crippen LogP contribution in [0.5, 0.6) is 0 Å². The molecule has 0 bridgehead atoms. The van der Waals surface area contributed by atoms with Crippen LogP contribution < -0.4 is 5.73 Å². The van der Waals surface area contributed by atoms with Gasteiger partial charge in [0.05, 0.1) is 11.1 Å². The fourth-order valence-electron chi connectivity index (χ4n) is 1.31. The highest BCUT2D eigenvalue weighted by Gasteiger charge is 2.09. The number of nitrogens with two attached hydrogens (primary N) is 1. The van der Waals surface area contributed by atoms with E-state index in [4.69, 9.17) is 10.9 Å². The molecule has 0 aliphatic carbocycles. The van der Waals surface area contributed by atoms with Crippen molar-refractivity contribution in [3.05, 3.63) is 36.4 Å². The van der Waals surface area contributed by atoms with Crippen LogP contribution in [0.15, 0.2) is 45.8 Å². The number of oxime groups is 1. The van der Waals surface area contributed by atoms with Gasteiger partial charge in [0, 0.05) is 36.1 Å². The van der Waals surface area contributed by atoms with E-state index in [1.165, 1.54) is 11.8 Å². The lowest BCUT2D eigenvalue weighted by atomic mass is 10.2. The predicted molar refractivity (Wildman–Crippen MR) is 64.1 cm³/mol. The molecule has 7 heteroatoms. The summed E-state index contributed by atoms with van der Waals surface area (Å²) < 4.78 is 1.71. The van der Waals surface area contributed by atoms with Crippen LogP contribution in [-0.2, 0) is 7.05 Å². The van der Waals surface area contributed by atoms with Gasteiger partial charge in [-0.15, -0.1) is 0 Å². The zero-order valence-electron chi connectivity index (χ0n) is 9.11. The Morgan fingerprint density at radius 3 is 3.00 bits per heavy atom. The summed E-state index contributed by atoms with van der Waals surface area (Å²) in [7, 11) is 1.84. The lowest BCUT2D eigenvalue weighted by Gasteiger charge is -2.05. The Labute approximate surface area is 102 Å². The zero-order valence-corrected chi connectivity index (χ0v) is 9.92. The summed E-state index contributed by atoms with van der Waals surface area (Å²) in [6, 6.07) is 1.70. The van der Waals surface area contributed by atoms with Crippen molar-refractivity contribution in [2.75, 3.05) is 0 Å². The molecule has 0 aromatic carbocycles. The Morgan fingerprint density at radius 1 is 1.53 bits per heavy atom. The van der Waals surface area contributed by atoms with Gasteiger partial charge in [-0.3, -0.25) is 9.67 Å². The topological polar surface area (TPSA) is 89.3 Å². The molecule has 0 unspecified atom stereocenters. The van der Waals surface area contributed by atoms with Crippen molar-refractivity contribution in [3.63, 3.8) is 0 Å². The van der Waals surface area contributed by atoms with Crippen LogP contribution in [0.4, 0.5) is 0 Å². The van der Waals surface area contributed by atoms with Gasteiger partial charge in [-0.1, -0.05) is 16.9 Å². The maximum Gasteiger partial charge on any atom is 0.171 e. The molecular formula is C10H11N5OS. The van der Waals surface area contributed by atoms with E-state index in [1.54, 1.807) is 29.3 Å². The summed E-state index contributed by atoms with van der Waals surface area (Å²) in [5.41, 5.74) is 6.24. The number of hydrogen-bond donors (Lipinski definition) is 2. The normalized spacial score (nSPS) is 11.7. The molecule has 0 saturated heterocycles. The number of rotatable bonds is 3. The van der Waals surface area contributed by atoms with E-state index in [0.29, 0.717) is 5.56 Å². The number of amidine groups is 1. The van der Waals surface area contributed by atoms with Gasteiger partial charge < -0.3 is 10.9 Å². The first kappa shape index (κ1) is 11.5. The third-order valence-electron chi connectivity index (χ3n) is 2.08. The molecule has 3 N–H and O–H groups in total. The van der Waals surface area contributed by atoms with Crippen molar-refractivity contribution in [2.24, 2.45) is 17.9 Å². The molecule has 6 nitrogen and oxygen atoms in total. The Morgan fingerprint density at radius 2 is 2.35 bits per heavy atom. The Balaban J connectivity index is 2.32. The van der Waals surface area contributed by atoms with E-state index in [9.17, 15) is 0 Å². The second-order valence-electron chi connectivity index (χ2n) is 3.31. The van der Waals surface area contributed by atoms with Gasteiger partial charge in [-0.2, -0.15) is 5.10 Å². The van der Waals surface area contributed by atoms with Crippen LogP contribution in [0, 0.1) is 0 Å². The highest BCUT2D eigenvalue weighted by molar-refractivity contribution is 7.99. The number of pyridine rings is 1. The predicted octanol–water partition coefficient (Wildman–Crippen LogP) is 1.06. The lowest BCUT2D eigenvalue weighted by Crippen LogP contribution is -2.14. The summed E-state index contributed by atoms with van der Waals surface area (Å²) in [4.78, 5) is 5.81. The van der Waals surface area contributed by atoms with Crippen molar-refractivity contribution in [3.8, 4) is 0 Å². The molecule has 0 aliphatic rings. The lowest BCUT2D eigenvalue weighted by molar-refractivity contribution is 0.318. The molecule has 0 aliphatic heterocycles. The molecule has 0 fully saturated rings. The number of nitrogens with zero attached hydrogens (tertiary/aromatic N) is 4. The molecule has 0 spiro atoms. The standard InChI is InChI=1S/C10H11N5OS/c1-15-6-7(4-13-15)17-9-5-12-3-2-8(9)10(11)14-16/h2-6,16H,1H3,(H2,11,14). The van der Waals surface area contributed by atoms with Gasteiger partial charge in [-0.05, 0) is 6.07 Å². The van der Waals surface area contributed by atoms with Crippen LogP contribution in [-0.4, -0.2) is 25.8 Å². The minimum absolute atomic E-state index is 0.0683.